The minimum absolute atomic E-state index is 0.0444. The summed E-state index contributed by atoms with van der Waals surface area (Å²) in [5.74, 6) is 0. The van der Waals surface area contributed by atoms with Crippen LogP contribution in [0.2, 0.25) is 0 Å². The molecule has 7 heteroatoms. The van der Waals surface area contributed by atoms with Gasteiger partial charge in [0.2, 0.25) is 13.4 Å². The summed E-state index contributed by atoms with van der Waals surface area (Å²) in [6.07, 6.45) is 2.84. The average molecular weight is 807 g/mol. The van der Waals surface area contributed by atoms with Gasteiger partial charge in [0.15, 0.2) is 0 Å². The second-order valence-electron chi connectivity index (χ2n) is 17.2. The van der Waals surface area contributed by atoms with Gasteiger partial charge >= 0.3 is 6.03 Å². The number of carbonyl (C=O) groups excluding carboxylic acids is 1. The molecule has 0 bridgehead atoms. The number of hydrogen-bond acceptors (Lipinski definition) is 3. The molecule has 0 N–H and O–H groups in total. The van der Waals surface area contributed by atoms with Crippen LogP contribution >= 0.6 is 22.7 Å². The Hall–Kier alpha value is -6.14. The van der Waals surface area contributed by atoms with E-state index in [-0.39, 0.29) is 24.9 Å². The van der Waals surface area contributed by atoms with E-state index in [0.717, 1.165) is 82.0 Å². The van der Waals surface area contributed by atoms with Crippen LogP contribution in [-0.4, -0.2) is 19.5 Å². The molecule has 4 aliphatic rings. The van der Waals surface area contributed by atoms with Crippen molar-refractivity contribution in [1.29, 1.82) is 0 Å². The molecule has 0 radical (unpaired) electrons. The Labute approximate surface area is 359 Å². The van der Waals surface area contributed by atoms with Crippen LogP contribution < -0.4 is 37.1 Å². The quantitative estimate of drug-likeness (QED) is 0.121. The first-order valence-corrected chi connectivity index (χ1v) is 22.5. The monoisotopic (exact) mass is 806 g/mol. The molecule has 8 aromatic rings. The van der Waals surface area contributed by atoms with Gasteiger partial charge in [-0.2, -0.15) is 0 Å². The van der Waals surface area contributed by atoms with Gasteiger partial charge in [-0.15, -0.1) is 29.3 Å². The summed E-state index contributed by atoms with van der Waals surface area (Å²) in [7, 11) is 0. The van der Waals surface area contributed by atoms with Crippen molar-refractivity contribution in [3.8, 4) is 11.1 Å². The van der Waals surface area contributed by atoms with Crippen LogP contribution in [0.1, 0.15) is 53.5 Å². The summed E-state index contributed by atoms with van der Waals surface area (Å²) in [6.45, 7) is 22.6. The molecule has 0 atom stereocenters. The zero-order chi connectivity index (χ0) is 40.9. The molecule has 3 nitrogen and oxygen atoms in total. The minimum Gasteiger partial charge on any atom is -0.253 e. The topological polar surface area (TPSA) is 23.6 Å². The number of fused-ring (bicyclic) bond motifs is 9. The van der Waals surface area contributed by atoms with Crippen molar-refractivity contribution in [2.75, 3.05) is 9.80 Å². The molecule has 3 aliphatic heterocycles. The molecule has 0 fully saturated rings. The number of urea groups is 1. The summed E-state index contributed by atoms with van der Waals surface area (Å²) >= 11 is 3.39. The third kappa shape index (κ3) is 4.39. The number of hydrogen-bond donors (Lipinski definition) is 0. The summed E-state index contributed by atoms with van der Waals surface area (Å²) in [5.41, 5.74) is 18.4. The molecular weight excluding hydrogens is 766 g/mol. The Morgan fingerprint density at radius 2 is 1.43 bits per heavy atom. The van der Waals surface area contributed by atoms with Gasteiger partial charge in [-0.05, 0) is 96.6 Å². The van der Waals surface area contributed by atoms with Gasteiger partial charge in [-0.25, -0.2) is 4.79 Å². The maximum absolute atomic E-state index is 16.0. The SMILES string of the molecule is C=Cc1sc2c(c1C)B(C(=C)C(=C)c1ccccc1CC)c1ccc3ccc4c5c3c1N2C(=O)N5c1sc2ccccc2c1B4c1cccc2c1-c1ccccc1C2(C)C. The van der Waals surface area contributed by atoms with E-state index in [1.807, 2.05) is 11.0 Å². The zero-order valence-corrected chi connectivity index (χ0v) is 35.8. The lowest BCUT2D eigenvalue weighted by Gasteiger charge is -2.45. The standard InChI is InChI=1S/C53H40B2N2OS2/c1-8-32-17-10-11-18-34(32)29(3)31(5)54-40-27-25-33-26-28-41-49-44(33)48(40)56(50-46(54)30(4)42(9-2)59-50)52(58)57(49)51-47(36-20-13-15-24-43(36)60-51)55(41)39-23-16-22-38-45(39)35-19-12-14-21-37(35)53(38,6)7/h9-28H,2-3,5,8H2,1,4,6-7H3. The second-order valence-corrected chi connectivity index (χ2v) is 19.3. The van der Waals surface area contributed by atoms with Crippen LogP contribution in [0, 0.1) is 6.92 Å². The number of carbonyl (C=O) groups is 1. The summed E-state index contributed by atoms with van der Waals surface area (Å²) in [6, 6.07) is 42.2. The minimum atomic E-state index is -0.205. The van der Waals surface area contributed by atoms with E-state index < -0.39 is 0 Å². The van der Waals surface area contributed by atoms with Crippen LogP contribution in [0.3, 0.4) is 0 Å². The third-order valence-electron chi connectivity index (χ3n) is 14.0. The molecule has 2 aromatic heterocycles. The number of nitrogens with zero attached hydrogens (tertiary/aromatic N) is 2. The predicted molar refractivity (Wildman–Crippen MR) is 262 cm³/mol. The molecule has 1 aliphatic carbocycles. The lowest BCUT2D eigenvalue weighted by atomic mass is 9.33. The fourth-order valence-electron chi connectivity index (χ4n) is 11.2. The predicted octanol–water partition coefficient (Wildman–Crippen LogP) is 10.9. The first-order chi connectivity index (χ1) is 29.1. The highest BCUT2D eigenvalue weighted by molar-refractivity contribution is 7.27. The van der Waals surface area contributed by atoms with Crippen molar-refractivity contribution in [2.24, 2.45) is 0 Å². The van der Waals surface area contributed by atoms with Crippen molar-refractivity contribution in [2.45, 2.75) is 39.5 Å². The van der Waals surface area contributed by atoms with Crippen molar-refractivity contribution in [3.05, 3.63) is 173 Å². The number of anilines is 4. The molecule has 0 saturated carbocycles. The highest BCUT2D eigenvalue weighted by atomic mass is 32.1. The van der Waals surface area contributed by atoms with Crippen molar-refractivity contribution in [1.82, 2.24) is 0 Å². The van der Waals surface area contributed by atoms with Gasteiger partial charge in [0.25, 0.3) is 0 Å². The molecular formula is C53H40B2N2OS2. The summed E-state index contributed by atoms with van der Waals surface area (Å²) in [4.78, 5) is 21.1. The highest BCUT2D eigenvalue weighted by Crippen LogP contribution is 2.53. The van der Waals surface area contributed by atoms with Crippen LogP contribution in [0.15, 0.2) is 140 Å². The number of benzene rings is 6. The second kappa shape index (κ2) is 12.4. The molecule has 5 heterocycles. The van der Waals surface area contributed by atoms with Crippen LogP contribution in [0.25, 0.3) is 43.6 Å². The molecule has 6 aromatic carbocycles. The maximum Gasteiger partial charge on any atom is 0.339 e. The Balaban J connectivity index is 1.18. The van der Waals surface area contributed by atoms with Gasteiger partial charge in [0, 0.05) is 20.4 Å². The lowest BCUT2D eigenvalue weighted by molar-refractivity contribution is 0.255. The van der Waals surface area contributed by atoms with Gasteiger partial charge in [-0.1, -0.05) is 160 Å². The van der Waals surface area contributed by atoms with E-state index in [0.29, 0.717) is 0 Å². The Kier molecular flexibility index (Phi) is 7.42. The highest BCUT2D eigenvalue weighted by Gasteiger charge is 2.51. The van der Waals surface area contributed by atoms with Gasteiger partial charge in [0.05, 0.1) is 11.4 Å². The fraction of sp³-hybridized carbons (Fsp3) is 0.113. The van der Waals surface area contributed by atoms with E-state index >= 15 is 4.79 Å². The fourth-order valence-corrected chi connectivity index (χ4v) is 13.7. The molecule has 12 rings (SSSR count). The number of rotatable bonds is 6. The lowest BCUT2D eigenvalue weighted by Crippen LogP contribution is -2.62. The largest absolute Gasteiger partial charge is 0.339 e. The van der Waals surface area contributed by atoms with Gasteiger partial charge in [0.1, 0.15) is 10.0 Å². The average Bonchev–Trinajstić information content (AvgIpc) is 3.90. The van der Waals surface area contributed by atoms with Crippen molar-refractivity contribution in [3.63, 3.8) is 0 Å². The van der Waals surface area contributed by atoms with Crippen LogP contribution in [0.4, 0.5) is 26.2 Å². The number of amides is 2. The Morgan fingerprint density at radius 3 is 2.23 bits per heavy atom. The van der Waals surface area contributed by atoms with E-state index in [1.165, 1.54) is 48.8 Å². The molecule has 0 unspecified atom stereocenters. The molecule has 0 saturated heterocycles. The van der Waals surface area contributed by atoms with Gasteiger partial charge < -0.3 is 0 Å². The first kappa shape index (κ1) is 35.8. The van der Waals surface area contributed by atoms with Gasteiger partial charge in [-0.3, -0.25) is 9.80 Å². The Morgan fingerprint density at radius 1 is 0.750 bits per heavy atom. The van der Waals surface area contributed by atoms with Crippen molar-refractivity contribution >= 4 is 123 Å². The van der Waals surface area contributed by atoms with Crippen LogP contribution in [-0.2, 0) is 11.8 Å². The van der Waals surface area contributed by atoms with E-state index in [2.05, 4.69) is 154 Å². The first-order valence-electron chi connectivity index (χ1n) is 20.9. The maximum atomic E-state index is 16.0. The van der Waals surface area contributed by atoms with E-state index in [1.54, 1.807) is 22.7 Å². The van der Waals surface area contributed by atoms with Crippen LogP contribution in [0.5, 0.6) is 0 Å². The number of thiophene rings is 2. The Bertz CT molecular complexity index is 3310. The van der Waals surface area contributed by atoms with E-state index in [4.69, 9.17) is 13.2 Å². The zero-order valence-electron chi connectivity index (χ0n) is 34.1. The third-order valence-corrected chi connectivity index (χ3v) is 16.5. The normalized spacial score (nSPS) is 15.0. The molecule has 286 valence electrons. The van der Waals surface area contributed by atoms with E-state index in [9.17, 15) is 0 Å². The smallest absolute Gasteiger partial charge is 0.253 e. The molecule has 2 amide bonds. The van der Waals surface area contributed by atoms with Crippen molar-refractivity contribution < 1.29 is 4.79 Å². The molecule has 60 heavy (non-hydrogen) atoms. The summed E-state index contributed by atoms with van der Waals surface area (Å²) < 4.78 is 1.18. The summed E-state index contributed by atoms with van der Waals surface area (Å²) in [5, 5.41) is 5.37. The number of aryl methyl sites for hydroxylation is 1. The molecule has 0 spiro atoms. The number of allylic oxidation sites excluding steroid dienone is 2.